The zero-order chi connectivity index (χ0) is 42.3. The number of esters is 3. The molecule has 0 saturated heterocycles. The number of rotatable bonds is 37. The molecule has 0 aromatic rings. The monoisotopic (exact) mass is 799 g/mol. The molecule has 0 aromatic heterocycles. The van der Waals surface area contributed by atoms with E-state index in [4.69, 9.17) is 14.2 Å². The van der Waals surface area contributed by atoms with Crippen molar-refractivity contribution in [2.45, 2.75) is 162 Å². The summed E-state index contributed by atoms with van der Waals surface area (Å²) in [6, 6.07) is 0. The highest BCUT2D eigenvalue weighted by atomic mass is 16.6. The van der Waals surface area contributed by atoms with Gasteiger partial charge in [-0.3, -0.25) is 14.4 Å². The van der Waals surface area contributed by atoms with Gasteiger partial charge in [-0.15, -0.1) is 0 Å². The molecular formula is C52H78O6. The van der Waals surface area contributed by atoms with Crippen LogP contribution in [-0.2, 0) is 28.6 Å². The maximum absolute atomic E-state index is 12.7. The summed E-state index contributed by atoms with van der Waals surface area (Å²) in [5.41, 5.74) is 0. The fourth-order valence-corrected chi connectivity index (χ4v) is 5.18. The predicted octanol–water partition coefficient (Wildman–Crippen LogP) is 14.4. The van der Waals surface area contributed by atoms with Crippen LogP contribution < -0.4 is 0 Å². The number of ether oxygens (including phenoxy) is 3. The molecule has 0 radical (unpaired) electrons. The van der Waals surface area contributed by atoms with Crippen molar-refractivity contribution in [1.29, 1.82) is 0 Å². The standard InChI is InChI=1S/C52H78O6/c1-4-7-10-13-16-19-22-24-26-28-30-33-36-39-42-45-51(54)57-48-49(47-56-50(53)44-41-38-35-32-21-18-15-12-9-6-3)58-52(55)46-43-40-37-34-31-29-27-25-23-20-17-14-11-8-5-2/h7-8,10-12,15-17,19-20,24-27,30-31,33-34,39-40,42-43,49H,4-6,9,13-14,18,21-23,28-29,32,35-38,41,44-48H2,1-3H3/b10-7-,11-8-,15-12-,19-16-,20-17-,26-24-,27-25-,33-30-,34-31-,42-39-,43-40-. The van der Waals surface area contributed by atoms with Gasteiger partial charge in [0.1, 0.15) is 13.2 Å². The lowest BCUT2D eigenvalue weighted by Crippen LogP contribution is -2.30. The number of unbranched alkanes of at least 4 members (excludes halogenated alkanes) is 6. The second-order valence-electron chi connectivity index (χ2n) is 13.9. The first-order valence-electron chi connectivity index (χ1n) is 22.2. The van der Waals surface area contributed by atoms with E-state index in [1.807, 2.05) is 12.2 Å². The zero-order valence-corrected chi connectivity index (χ0v) is 36.5. The molecule has 1 atom stereocenters. The second kappa shape index (κ2) is 45.3. The summed E-state index contributed by atoms with van der Waals surface area (Å²) in [6.07, 6.45) is 63.4. The average molecular weight is 799 g/mol. The fourth-order valence-electron chi connectivity index (χ4n) is 5.18. The van der Waals surface area contributed by atoms with Crippen molar-refractivity contribution in [2.75, 3.05) is 13.2 Å². The molecule has 322 valence electrons. The fraction of sp³-hybridized carbons (Fsp3) is 0.519. The largest absolute Gasteiger partial charge is 0.462 e. The van der Waals surface area contributed by atoms with Gasteiger partial charge in [-0.2, -0.15) is 0 Å². The van der Waals surface area contributed by atoms with Gasteiger partial charge in [0.2, 0.25) is 0 Å². The van der Waals surface area contributed by atoms with Gasteiger partial charge in [0.25, 0.3) is 0 Å². The summed E-state index contributed by atoms with van der Waals surface area (Å²) in [5, 5.41) is 0. The predicted molar refractivity (Wildman–Crippen MR) is 246 cm³/mol. The Morgan fingerprint density at radius 2 is 0.741 bits per heavy atom. The van der Waals surface area contributed by atoms with Crippen molar-refractivity contribution in [3.05, 3.63) is 134 Å². The summed E-state index contributed by atoms with van der Waals surface area (Å²) in [7, 11) is 0. The van der Waals surface area contributed by atoms with Crippen molar-refractivity contribution >= 4 is 17.9 Å². The van der Waals surface area contributed by atoms with Gasteiger partial charge in [-0.05, 0) is 89.9 Å². The van der Waals surface area contributed by atoms with E-state index in [-0.39, 0.29) is 32.0 Å². The van der Waals surface area contributed by atoms with Gasteiger partial charge in [0.05, 0.1) is 12.8 Å². The molecule has 0 aliphatic heterocycles. The number of carbonyl (C=O) groups excluding carboxylic acids is 3. The van der Waals surface area contributed by atoms with E-state index in [1.54, 1.807) is 12.2 Å². The van der Waals surface area contributed by atoms with Crippen molar-refractivity contribution in [3.8, 4) is 0 Å². The average Bonchev–Trinajstić information content (AvgIpc) is 3.22. The van der Waals surface area contributed by atoms with E-state index in [0.717, 1.165) is 96.3 Å². The van der Waals surface area contributed by atoms with Crippen LogP contribution in [0.15, 0.2) is 134 Å². The molecule has 0 N–H and O–H groups in total. The van der Waals surface area contributed by atoms with E-state index in [1.165, 1.54) is 6.42 Å². The number of hydrogen-bond donors (Lipinski definition) is 0. The minimum Gasteiger partial charge on any atom is -0.462 e. The molecule has 0 amide bonds. The Morgan fingerprint density at radius 3 is 1.19 bits per heavy atom. The quantitative estimate of drug-likeness (QED) is 0.0270. The summed E-state index contributed by atoms with van der Waals surface area (Å²) >= 11 is 0. The van der Waals surface area contributed by atoms with E-state index in [2.05, 4.69) is 130 Å². The third-order valence-electron chi connectivity index (χ3n) is 8.42. The van der Waals surface area contributed by atoms with E-state index < -0.39 is 18.0 Å². The molecule has 0 heterocycles. The third-order valence-corrected chi connectivity index (χ3v) is 8.42. The van der Waals surface area contributed by atoms with Crippen LogP contribution in [0.5, 0.6) is 0 Å². The lowest BCUT2D eigenvalue weighted by molar-refractivity contribution is -0.166. The maximum atomic E-state index is 12.7. The Morgan fingerprint density at radius 1 is 0.379 bits per heavy atom. The Labute approximate surface area is 354 Å². The lowest BCUT2D eigenvalue weighted by atomic mass is 10.1. The highest BCUT2D eigenvalue weighted by molar-refractivity contribution is 5.72. The Hall–Kier alpha value is -4.45. The van der Waals surface area contributed by atoms with Gasteiger partial charge in [-0.25, -0.2) is 0 Å². The minimum atomic E-state index is -0.878. The Kier molecular flexibility index (Phi) is 41.8. The van der Waals surface area contributed by atoms with Crippen molar-refractivity contribution in [1.82, 2.24) is 0 Å². The van der Waals surface area contributed by atoms with E-state index >= 15 is 0 Å². The molecule has 0 aromatic carbocycles. The van der Waals surface area contributed by atoms with Crippen LogP contribution in [0.4, 0.5) is 0 Å². The summed E-state index contributed by atoms with van der Waals surface area (Å²) in [4.78, 5) is 37.6. The van der Waals surface area contributed by atoms with E-state index in [0.29, 0.717) is 19.3 Å². The van der Waals surface area contributed by atoms with Gasteiger partial charge in [0.15, 0.2) is 6.10 Å². The Balaban J connectivity index is 4.69. The Bertz CT molecular complexity index is 1330. The van der Waals surface area contributed by atoms with Gasteiger partial charge >= 0.3 is 17.9 Å². The second-order valence-corrected chi connectivity index (χ2v) is 13.9. The maximum Gasteiger partial charge on any atom is 0.310 e. The van der Waals surface area contributed by atoms with Crippen molar-refractivity contribution in [3.63, 3.8) is 0 Å². The molecule has 58 heavy (non-hydrogen) atoms. The molecular weight excluding hydrogens is 721 g/mol. The summed E-state index contributed by atoms with van der Waals surface area (Å²) in [6.45, 7) is 6.11. The molecule has 0 spiro atoms. The number of allylic oxidation sites excluding steroid dienone is 20. The van der Waals surface area contributed by atoms with Gasteiger partial charge in [-0.1, -0.05) is 180 Å². The summed E-state index contributed by atoms with van der Waals surface area (Å²) < 4.78 is 16.5. The van der Waals surface area contributed by atoms with Crippen LogP contribution in [-0.4, -0.2) is 37.2 Å². The minimum absolute atomic E-state index is 0.0698. The topological polar surface area (TPSA) is 78.9 Å². The molecule has 0 aliphatic rings. The highest BCUT2D eigenvalue weighted by Crippen LogP contribution is 2.10. The van der Waals surface area contributed by atoms with Crippen LogP contribution in [0, 0.1) is 0 Å². The van der Waals surface area contributed by atoms with Crippen LogP contribution in [0.25, 0.3) is 0 Å². The molecule has 0 aliphatic carbocycles. The SMILES string of the molecule is CC/C=C\C/C=C\C/C=C\C/C=C\C/C=C\CC(=O)OCC(COC(=O)CCCCCCC/C=C\CCC)OC(=O)C/C=C\C/C=C\C/C=C\C/C=C\C/C=C\CC. The smallest absolute Gasteiger partial charge is 0.310 e. The van der Waals surface area contributed by atoms with Gasteiger partial charge < -0.3 is 14.2 Å². The molecule has 6 nitrogen and oxygen atoms in total. The molecule has 0 rings (SSSR count). The molecule has 0 saturated carbocycles. The van der Waals surface area contributed by atoms with Gasteiger partial charge in [0, 0.05) is 6.42 Å². The van der Waals surface area contributed by atoms with Crippen LogP contribution in [0.1, 0.15) is 156 Å². The number of hydrogen-bond acceptors (Lipinski definition) is 6. The first kappa shape index (κ1) is 53.6. The van der Waals surface area contributed by atoms with Crippen LogP contribution in [0.3, 0.4) is 0 Å². The first-order valence-corrected chi connectivity index (χ1v) is 22.2. The highest BCUT2D eigenvalue weighted by Gasteiger charge is 2.19. The zero-order valence-electron chi connectivity index (χ0n) is 36.5. The molecule has 0 bridgehead atoms. The number of carbonyl (C=O) groups is 3. The molecule has 0 fully saturated rings. The molecule has 1 unspecified atom stereocenters. The first-order chi connectivity index (χ1) is 28.5. The van der Waals surface area contributed by atoms with Crippen molar-refractivity contribution < 1.29 is 28.6 Å². The summed E-state index contributed by atoms with van der Waals surface area (Å²) in [5.74, 6) is -1.25. The lowest BCUT2D eigenvalue weighted by Gasteiger charge is -2.17. The molecule has 6 heteroatoms. The van der Waals surface area contributed by atoms with E-state index in [9.17, 15) is 14.4 Å². The van der Waals surface area contributed by atoms with Crippen LogP contribution >= 0.6 is 0 Å². The van der Waals surface area contributed by atoms with Crippen molar-refractivity contribution in [2.24, 2.45) is 0 Å². The third kappa shape index (κ3) is 42.7. The normalized spacial score (nSPS) is 13.4. The van der Waals surface area contributed by atoms with Crippen LogP contribution in [0.2, 0.25) is 0 Å².